The molecule has 0 aromatic heterocycles. The molecular formula is C28H49NO21. The van der Waals surface area contributed by atoms with E-state index in [1.54, 1.807) is 0 Å². The van der Waals surface area contributed by atoms with Gasteiger partial charge in [0.15, 0.2) is 25.2 Å². The minimum atomic E-state index is -1.86. The molecule has 4 heterocycles. The van der Waals surface area contributed by atoms with Crippen molar-refractivity contribution >= 4 is 5.91 Å². The Balaban J connectivity index is 1.60. The lowest BCUT2D eigenvalue weighted by molar-refractivity contribution is -0.380. The Hall–Kier alpha value is -1.33. The summed E-state index contributed by atoms with van der Waals surface area (Å²) in [5, 5.41) is 116. The van der Waals surface area contributed by atoms with Gasteiger partial charge < -0.3 is 104 Å². The van der Waals surface area contributed by atoms with Crippen molar-refractivity contribution in [1.29, 1.82) is 0 Å². The molecule has 22 nitrogen and oxygen atoms in total. The minimum absolute atomic E-state index is 0.687. The Morgan fingerprint density at radius 2 is 0.960 bits per heavy atom. The molecule has 12 N–H and O–H groups in total. The van der Waals surface area contributed by atoms with Crippen molar-refractivity contribution in [3.63, 3.8) is 0 Å². The molecule has 22 heteroatoms. The van der Waals surface area contributed by atoms with Gasteiger partial charge >= 0.3 is 0 Å². The molecule has 4 saturated heterocycles. The van der Waals surface area contributed by atoms with E-state index in [1.807, 2.05) is 0 Å². The van der Waals surface area contributed by atoms with Crippen LogP contribution in [0.3, 0.4) is 0 Å². The summed E-state index contributed by atoms with van der Waals surface area (Å²) in [5.41, 5.74) is 0. The summed E-state index contributed by atoms with van der Waals surface area (Å²) in [6, 6.07) is -1.47. The summed E-state index contributed by atoms with van der Waals surface area (Å²) in [5.74, 6) is -0.687. The zero-order valence-corrected chi connectivity index (χ0v) is 27.4. The number of carbonyl (C=O) groups excluding carboxylic acids is 1. The molecule has 0 aromatic carbocycles. The van der Waals surface area contributed by atoms with Crippen molar-refractivity contribution in [1.82, 2.24) is 5.32 Å². The van der Waals surface area contributed by atoms with Gasteiger partial charge in [-0.05, 0) is 0 Å². The third-order valence-corrected chi connectivity index (χ3v) is 9.10. The van der Waals surface area contributed by atoms with Gasteiger partial charge in [-0.25, -0.2) is 0 Å². The Kier molecular flexibility index (Phi) is 15.0. The first-order valence-corrected chi connectivity index (χ1v) is 15.9. The molecule has 0 aromatic rings. The van der Waals surface area contributed by atoms with Crippen molar-refractivity contribution in [2.75, 3.05) is 40.6 Å². The van der Waals surface area contributed by atoms with Crippen LogP contribution in [0.4, 0.5) is 0 Å². The predicted octanol–water partition coefficient (Wildman–Crippen LogP) is -8.30. The van der Waals surface area contributed by atoms with Crippen molar-refractivity contribution in [3.8, 4) is 0 Å². The topological polar surface area (TPSA) is 335 Å². The van der Waals surface area contributed by atoms with E-state index in [9.17, 15) is 61.0 Å². The lowest BCUT2D eigenvalue weighted by Crippen LogP contribution is -2.70. The number of nitrogens with one attached hydrogen (secondary N) is 1. The lowest BCUT2D eigenvalue weighted by atomic mass is 9.94. The minimum Gasteiger partial charge on any atom is -0.394 e. The van der Waals surface area contributed by atoms with Gasteiger partial charge in [0.2, 0.25) is 5.91 Å². The number of methoxy groups -OCH3 is 2. The van der Waals surface area contributed by atoms with Crippen molar-refractivity contribution in [2.24, 2.45) is 0 Å². The maximum Gasteiger partial charge on any atom is 0.217 e. The highest BCUT2D eigenvalue weighted by atomic mass is 16.8. The van der Waals surface area contributed by atoms with E-state index < -0.39 is 155 Å². The van der Waals surface area contributed by atoms with E-state index >= 15 is 0 Å². The fraction of sp³-hybridized carbons (Fsp3) is 0.964. The molecule has 292 valence electrons. The van der Waals surface area contributed by atoms with Crippen LogP contribution in [0.5, 0.6) is 0 Å². The molecule has 0 spiro atoms. The first kappa shape index (κ1) is 41.4. The number of rotatable bonds is 13. The van der Waals surface area contributed by atoms with E-state index in [0.29, 0.717) is 0 Å². The largest absolute Gasteiger partial charge is 0.394 e. The third kappa shape index (κ3) is 8.55. The van der Waals surface area contributed by atoms with E-state index in [1.165, 1.54) is 7.11 Å². The fourth-order valence-electron chi connectivity index (χ4n) is 6.47. The molecule has 0 aliphatic carbocycles. The second kappa shape index (κ2) is 18.1. The molecule has 20 atom stereocenters. The van der Waals surface area contributed by atoms with Gasteiger partial charge in [-0.3, -0.25) is 4.79 Å². The van der Waals surface area contributed by atoms with Crippen LogP contribution in [0, 0.1) is 0 Å². The van der Waals surface area contributed by atoms with E-state index in [2.05, 4.69) is 5.32 Å². The fourth-order valence-corrected chi connectivity index (χ4v) is 6.47. The van der Waals surface area contributed by atoms with Crippen LogP contribution in [0.1, 0.15) is 6.92 Å². The molecule has 50 heavy (non-hydrogen) atoms. The van der Waals surface area contributed by atoms with Crippen molar-refractivity contribution in [3.05, 3.63) is 0 Å². The van der Waals surface area contributed by atoms with Crippen LogP contribution in [-0.4, -0.2) is 225 Å². The Bertz CT molecular complexity index is 1060. The number of hydrogen-bond donors (Lipinski definition) is 12. The van der Waals surface area contributed by atoms with Crippen LogP contribution in [0.25, 0.3) is 0 Å². The third-order valence-electron chi connectivity index (χ3n) is 9.10. The second-order valence-corrected chi connectivity index (χ2v) is 12.3. The van der Waals surface area contributed by atoms with Gasteiger partial charge in [-0.15, -0.1) is 0 Å². The molecule has 4 aliphatic rings. The second-order valence-electron chi connectivity index (χ2n) is 12.3. The monoisotopic (exact) mass is 735 g/mol. The first-order chi connectivity index (χ1) is 23.8. The maximum atomic E-state index is 12.4. The van der Waals surface area contributed by atoms with Crippen LogP contribution >= 0.6 is 0 Å². The molecule has 4 fully saturated rings. The van der Waals surface area contributed by atoms with Gasteiger partial charge in [0.1, 0.15) is 97.6 Å². The lowest BCUT2D eigenvalue weighted by Gasteiger charge is -2.50. The zero-order chi connectivity index (χ0) is 37.0. The molecule has 0 unspecified atom stereocenters. The van der Waals surface area contributed by atoms with E-state index in [4.69, 9.17) is 42.6 Å². The number of ether oxygens (including phenoxy) is 9. The average molecular weight is 736 g/mol. The Morgan fingerprint density at radius 3 is 1.48 bits per heavy atom. The van der Waals surface area contributed by atoms with Gasteiger partial charge in [0.25, 0.3) is 0 Å². The summed E-state index contributed by atoms with van der Waals surface area (Å²) < 4.78 is 50.5. The normalized spacial score (nSPS) is 48.7. The van der Waals surface area contributed by atoms with E-state index in [-0.39, 0.29) is 0 Å². The summed E-state index contributed by atoms with van der Waals surface area (Å²) >= 11 is 0. The van der Waals surface area contributed by atoms with Gasteiger partial charge in [0, 0.05) is 21.1 Å². The summed E-state index contributed by atoms with van der Waals surface area (Å²) in [4.78, 5) is 12.4. The quantitative estimate of drug-likeness (QED) is 0.0835. The van der Waals surface area contributed by atoms with Crippen molar-refractivity contribution < 1.29 is 104 Å². The number of hydrogen-bond acceptors (Lipinski definition) is 21. The van der Waals surface area contributed by atoms with Gasteiger partial charge in [-0.2, -0.15) is 0 Å². The highest BCUT2D eigenvalue weighted by molar-refractivity contribution is 5.73. The highest BCUT2D eigenvalue weighted by Crippen LogP contribution is 2.35. The van der Waals surface area contributed by atoms with Crippen LogP contribution in [-0.2, 0) is 47.4 Å². The number of carbonyl (C=O) groups is 1. The van der Waals surface area contributed by atoms with E-state index in [0.717, 1.165) is 14.0 Å². The number of amides is 1. The highest BCUT2D eigenvalue weighted by Gasteiger charge is 2.56. The Morgan fingerprint density at radius 1 is 0.520 bits per heavy atom. The van der Waals surface area contributed by atoms with Gasteiger partial charge in [0.05, 0.1) is 26.4 Å². The van der Waals surface area contributed by atoms with Gasteiger partial charge in [-0.1, -0.05) is 0 Å². The molecule has 0 radical (unpaired) electrons. The summed E-state index contributed by atoms with van der Waals surface area (Å²) in [6.07, 6.45) is -30.2. The molecule has 0 saturated carbocycles. The Labute approximate surface area is 285 Å². The standard InChI is InChI=1S/C28H49NO21/c1-8(34)29-13-22(50-27-18(39)23(42-2)15(36)10(5-31)46-27)14(35)9(4-30)45-26(13)49-21-12(7-33)47-28(19(40)24(21)43-3)48-20-11(6-32)44-25(41)17(38)16(20)37/h9-28,30-33,35-41H,4-7H2,1-3H3,(H,29,34)/t9-,10-,11-,12-,13-,14+,15+,16-,17-,18-,19-,20-,21+,22-,23+,24-,25-,26+,27+,28+/m1/s1. The molecular weight excluding hydrogens is 686 g/mol. The smallest absolute Gasteiger partial charge is 0.217 e. The van der Waals surface area contributed by atoms with Crippen LogP contribution < -0.4 is 5.32 Å². The molecule has 0 bridgehead atoms. The predicted molar refractivity (Wildman–Crippen MR) is 155 cm³/mol. The van der Waals surface area contributed by atoms with Crippen molar-refractivity contribution in [2.45, 2.75) is 130 Å². The number of aliphatic hydroxyl groups is 11. The SMILES string of the molecule is CO[C@H]1[C@@H](O)[C@@H](CO)O[C@@H](O[C@H]2[C@@H](O)[C@@H](CO)O[C@@H](O[C@@H]3[C@H](OC)[C@@H](O)[C@H](O[C@H]4[C@H](O)[C@@H](O)[C@H](O)O[C@@H]4CO)O[C@@H]3CO)[C@@H]2NC(C)=O)[C@@H]1O. The summed E-state index contributed by atoms with van der Waals surface area (Å²) in [6.45, 7) is -2.02. The summed E-state index contributed by atoms with van der Waals surface area (Å²) in [7, 11) is 2.35. The van der Waals surface area contributed by atoms with Crippen LogP contribution in [0.15, 0.2) is 0 Å². The van der Waals surface area contributed by atoms with Crippen LogP contribution in [0.2, 0.25) is 0 Å². The number of aliphatic hydroxyl groups excluding tert-OH is 11. The molecule has 4 rings (SSSR count). The first-order valence-electron chi connectivity index (χ1n) is 15.9. The average Bonchev–Trinajstić information content (AvgIpc) is 3.09. The molecule has 4 aliphatic heterocycles. The molecule has 1 amide bonds. The zero-order valence-electron chi connectivity index (χ0n) is 27.4. The maximum absolute atomic E-state index is 12.4.